The van der Waals surface area contributed by atoms with E-state index >= 15 is 0 Å². The van der Waals surface area contributed by atoms with Gasteiger partial charge in [-0.3, -0.25) is 24.5 Å². The van der Waals surface area contributed by atoms with Gasteiger partial charge in [-0.25, -0.2) is 0 Å². The monoisotopic (exact) mass is 467 g/mol. The molecule has 1 unspecified atom stereocenters. The van der Waals surface area contributed by atoms with Crippen molar-refractivity contribution in [1.82, 2.24) is 10.2 Å². The van der Waals surface area contributed by atoms with E-state index in [2.05, 4.69) is 0 Å². The molecule has 2 heterocycles. The predicted octanol–water partition coefficient (Wildman–Crippen LogP) is 3.39. The summed E-state index contributed by atoms with van der Waals surface area (Å²) in [6, 6.07) is 5.35. The molecule has 4 rings (SSSR count). The second-order valence-electron chi connectivity index (χ2n) is 7.09. The first-order chi connectivity index (χ1) is 17.8. The summed E-state index contributed by atoms with van der Waals surface area (Å²) in [5.74, 6) is -9.87. The number of piperidine rings is 1. The Balaban J connectivity index is 1.61. The summed E-state index contributed by atoms with van der Waals surface area (Å²) in [4.78, 5) is 50.8. The van der Waals surface area contributed by atoms with E-state index in [4.69, 9.17) is 21.2 Å². The molecular formula is C23H19ClF2N2O4. The second-order valence-corrected chi connectivity index (χ2v) is 7.53. The van der Waals surface area contributed by atoms with Gasteiger partial charge >= 0.3 is 5.92 Å². The molecule has 2 aromatic carbocycles. The van der Waals surface area contributed by atoms with Crippen LogP contribution in [0, 0.1) is 0 Å². The number of ketones is 1. The summed E-state index contributed by atoms with van der Waals surface area (Å²) < 4.78 is 85.5. The van der Waals surface area contributed by atoms with Gasteiger partial charge in [-0.15, -0.1) is 0 Å². The number of imide groups is 1. The lowest BCUT2D eigenvalue weighted by atomic mass is 9.97. The molecule has 0 spiro atoms. The number of halogens is 3. The maximum absolute atomic E-state index is 14.7. The van der Waals surface area contributed by atoms with Gasteiger partial charge in [-0.1, -0.05) is 35.9 Å². The Hall–Kier alpha value is -3.13. The van der Waals surface area contributed by atoms with E-state index in [0.717, 1.165) is 42.5 Å². The highest BCUT2D eigenvalue weighted by molar-refractivity contribution is 6.30. The van der Waals surface area contributed by atoms with Crippen LogP contribution in [0.5, 0.6) is 0 Å². The van der Waals surface area contributed by atoms with Crippen LogP contribution < -0.4 is 5.31 Å². The first kappa shape index (κ1) is 14.8. The Bertz CT molecular complexity index is 1410. The number of Topliss-reactive ketones (excluding diaryl/α,β-unsaturated/α-hetero) is 1. The minimum absolute atomic E-state index is 0.0517. The van der Waals surface area contributed by atoms with Gasteiger partial charge in [0.1, 0.15) is 6.04 Å². The molecule has 2 aliphatic rings. The van der Waals surface area contributed by atoms with Crippen molar-refractivity contribution in [3.63, 3.8) is 0 Å². The van der Waals surface area contributed by atoms with Crippen molar-refractivity contribution in [2.45, 2.75) is 44.0 Å². The predicted molar refractivity (Wildman–Crippen MR) is 111 cm³/mol. The largest absolute Gasteiger partial charge is 0.330 e. The van der Waals surface area contributed by atoms with Crippen molar-refractivity contribution in [2.75, 3.05) is 0 Å². The molecule has 1 atom stereocenters. The maximum atomic E-state index is 14.7. The molecule has 1 N–H and O–H groups in total. The average Bonchev–Trinajstić information content (AvgIpc) is 3.17. The lowest BCUT2D eigenvalue weighted by molar-refractivity contribution is -0.144. The minimum atomic E-state index is -4.02. The Kier molecular flexibility index (Phi) is 3.91. The summed E-state index contributed by atoms with van der Waals surface area (Å²) in [5, 5.41) is -0.168. The highest BCUT2D eigenvalue weighted by Crippen LogP contribution is 2.32. The van der Waals surface area contributed by atoms with Crippen molar-refractivity contribution >= 4 is 35.1 Å². The van der Waals surface area contributed by atoms with Crippen molar-refractivity contribution in [3.8, 4) is 0 Å². The Morgan fingerprint density at radius 3 is 2.69 bits per heavy atom. The van der Waals surface area contributed by atoms with Gasteiger partial charge in [0.05, 0.1) is 0 Å². The summed E-state index contributed by atoms with van der Waals surface area (Å²) in [6.45, 7) is -0.527. The number of carbonyl (C=O) groups excluding carboxylic acids is 4. The van der Waals surface area contributed by atoms with Gasteiger partial charge < -0.3 is 4.90 Å². The number of amides is 3. The third-order valence-electron chi connectivity index (χ3n) is 5.02. The van der Waals surface area contributed by atoms with Crippen LogP contribution in [0.3, 0.4) is 0 Å². The summed E-state index contributed by atoms with van der Waals surface area (Å²) in [6.07, 6.45) is -10.4. The molecule has 1 fully saturated rings. The molecule has 6 nitrogen and oxygen atoms in total. The summed E-state index contributed by atoms with van der Waals surface area (Å²) >= 11 is 5.69. The molecular weight excluding hydrogens is 442 g/mol. The fourth-order valence-electron chi connectivity index (χ4n) is 3.37. The van der Waals surface area contributed by atoms with Crippen LogP contribution in [0.4, 0.5) is 8.78 Å². The average molecular weight is 468 g/mol. The molecule has 0 radical (unpaired) electrons. The number of hydrogen-bond donors (Lipinski definition) is 1. The zero-order valence-electron chi connectivity index (χ0n) is 23.2. The summed E-state index contributed by atoms with van der Waals surface area (Å²) in [7, 11) is 0. The number of nitrogens with one attached hydrogen (secondary N) is 1. The van der Waals surface area contributed by atoms with Crippen LogP contribution in [0.2, 0.25) is 6.43 Å². The standard InChI is InChI=1S/C23H19ClF2N2O4/c24-16-5-3-15(4-6-16)23(25,26)19(29)9-2-13-1-7-17-14(11-13)12-28(22(17)32)18-8-10-20(30)27-21(18)31/h1,3-7,11,18H,2,8-10,12H2,(H,27,30,31)/i2D2,8D2,10D2/hD. The topological polar surface area (TPSA) is 83.6 Å². The van der Waals surface area contributed by atoms with E-state index in [1.165, 1.54) is 0 Å². The fraction of sp³-hybridized carbons (Fsp3) is 0.304. The molecule has 0 bridgehead atoms. The van der Waals surface area contributed by atoms with Crippen molar-refractivity contribution in [2.24, 2.45) is 0 Å². The van der Waals surface area contributed by atoms with Crippen LogP contribution in [0.1, 0.15) is 54.4 Å². The maximum Gasteiger partial charge on any atom is 0.330 e. The highest BCUT2D eigenvalue weighted by Gasteiger charge is 2.41. The second kappa shape index (κ2) is 8.43. The quantitative estimate of drug-likeness (QED) is 0.660. The van der Waals surface area contributed by atoms with Gasteiger partial charge in [-0.05, 0) is 42.1 Å². The number of rotatable bonds is 6. The molecule has 3 amide bonds. The number of alkyl halides is 2. The smallest absolute Gasteiger partial charge is 0.322 e. The Labute approximate surface area is 197 Å². The van der Waals surface area contributed by atoms with E-state index in [0.29, 0.717) is 4.90 Å². The van der Waals surface area contributed by atoms with Crippen molar-refractivity contribution < 1.29 is 37.6 Å². The Morgan fingerprint density at radius 1 is 1.25 bits per heavy atom. The minimum Gasteiger partial charge on any atom is -0.322 e. The van der Waals surface area contributed by atoms with Gasteiger partial charge in [0.2, 0.25) is 17.6 Å². The molecule has 1 saturated heterocycles. The van der Waals surface area contributed by atoms with E-state index in [1.54, 1.807) is 0 Å². The first-order valence-corrected chi connectivity index (χ1v) is 9.70. The van der Waals surface area contributed by atoms with E-state index in [-0.39, 0.29) is 27.0 Å². The molecule has 32 heavy (non-hydrogen) atoms. The summed E-state index contributed by atoms with van der Waals surface area (Å²) in [5.41, 5.74) is -0.973. The molecule has 2 aromatic rings. The van der Waals surface area contributed by atoms with Gasteiger partial charge in [0.25, 0.3) is 5.91 Å². The van der Waals surface area contributed by atoms with E-state index in [1.807, 2.05) is 0 Å². The number of hydrogen-bond acceptors (Lipinski definition) is 4. The van der Waals surface area contributed by atoms with Gasteiger partial charge in [0, 0.05) is 43.7 Å². The number of aryl methyl sites for hydroxylation is 1. The highest BCUT2D eigenvalue weighted by atomic mass is 35.5. The molecule has 9 heteroatoms. The molecule has 0 saturated carbocycles. The fourth-order valence-corrected chi connectivity index (χ4v) is 3.49. The van der Waals surface area contributed by atoms with Gasteiger partial charge in [0.15, 0.2) is 1.41 Å². The molecule has 0 aliphatic carbocycles. The number of fused-ring (bicyclic) bond motifs is 1. The van der Waals surface area contributed by atoms with Crippen LogP contribution in [-0.4, -0.2) is 34.4 Å². The number of nitrogens with zero attached hydrogens (tertiary/aromatic N) is 1. The zero-order chi connectivity index (χ0) is 29.3. The zero-order valence-corrected chi connectivity index (χ0v) is 17.0. The molecule has 2 aliphatic heterocycles. The lowest BCUT2D eigenvalue weighted by Crippen LogP contribution is -2.52. The molecule has 166 valence electrons. The number of benzene rings is 2. The van der Waals surface area contributed by atoms with Crippen LogP contribution in [0.15, 0.2) is 42.5 Å². The van der Waals surface area contributed by atoms with E-state index in [9.17, 15) is 28.0 Å². The lowest BCUT2D eigenvalue weighted by Gasteiger charge is -2.29. The van der Waals surface area contributed by atoms with Crippen molar-refractivity contribution in [3.05, 3.63) is 69.7 Å². The van der Waals surface area contributed by atoms with Gasteiger partial charge in [-0.2, -0.15) is 8.78 Å². The SMILES string of the molecule is [2H]N1C(=O)C(N2Cc3cc(C([2H])([2H])CC(=O)C(F)(F)c4ccc(Cl)cc4)ccc3C2=O)C([2H])([2H])C([2H])([2H])C1=O. The molecule has 0 aromatic heterocycles. The van der Waals surface area contributed by atoms with Crippen LogP contribution in [0.25, 0.3) is 0 Å². The van der Waals surface area contributed by atoms with Crippen LogP contribution >= 0.6 is 11.6 Å². The normalized spacial score (nSPS) is 25.7. The first-order valence-electron chi connectivity index (χ1n) is 12.8. The third-order valence-corrected chi connectivity index (χ3v) is 5.27. The third kappa shape index (κ3) is 4.14. The van der Waals surface area contributed by atoms with E-state index < -0.39 is 73.1 Å². The Morgan fingerprint density at radius 2 is 1.97 bits per heavy atom. The van der Waals surface area contributed by atoms with Crippen LogP contribution in [-0.2, 0) is 33.2 Å². The number of carbonyl (C=O) groups is 4. The van der Waals surface area contributed by atoms with Crippen molar-refractivity contribution in [1.29, 1.82) is 0 Å².